The fourth-order valence-electron chi connectivity index (χ4n) is 2.76. The van der Waals surface area contributed by atoms with E-state index in [0.717, 1.165) is 11.3 Å². The molecule has 6 nitrogen and oxygen atoms in total. The molecule has 0 radical (unpaired) electrons. The predicted molar refractivity (Wildman–Crippen MR) is 89.1 cm³/mol. The highest BCUT2D eigenvalue weighted by Crippen LogP contribution is 2.30. The smallest absolute Gasteiger partial charge is 0.311 e. The Morgan fingerprint density at radius 2 is 1.92 bits per heavy atom. The third-order valence-electron chi connectivity index (χ3n) is 4.40. The van der Waals surface area contributed by atoms with Crippen molar-refractivity contribution in [3.8, 4) is 5.75 Å². The van der Waals surface area contributed by atoms with E-state index < -0.39 is 11.4 Å². The summed E-state index contributed by atoms with van der Waals surface area (Å²) >= 11 is 0. The van der Waals surface area contributed by atoms with Crippen LogP contribution in [0.3, 0.4) is 0 Å². The number of nitrogens with one attached hydrogen (secondary N) is 1. The number of carboxylic acid groups (broad SMARTS) is 1. The van der Waals surface area contributed by atoms with Crippen LogP contribution in [0.5, 0.6) is 5.75 Å². The SMILES string of the molecule is CCOc1ccc(CCC(=O)NCC2(C(=O)O)CCOCC2)cc1. The van der Waals surface area contributed by atoms with Crippen LogP contribution in [0.25, 0.3) is 0 Å². The average Bonchev–Trinajstić information content (AvgIpc) is 2.60. The van der Waals surface area contributed by atoms with E-state index in [-0.39, 0.29) is 12.5 Å². The van der Waals surface area contributed by atoms with Crippen molar-refractivity contribution in [1.29, 1.82) is 0 Å². The number of rotatable bonds is 8. The van der Waals surface area contributed by atoms with Gasteiger partial charge in [0, 0.05) is 26.2 Å². The van der Waals surface area contributed by atoms with Crippen molar-refractivity contribution in [3.05, 3.63) is 29.8 Å². The summed E-state index contributed by atoms with van der Waals surface area (Å²) < 4.78 is 10.6. The highest BCUT2D eigenvalue weighted by molar-refractivity contribution is 5.79. The third-order valence-corrected chi connectivity index (χ3v) is 4.40. The summed E-state index contributed by atoms with van der Waals surface area (Å²) in [6.07, 6.45) is 1.81. The molecule has 0 spiro atoms. The van der Waals surface area contributed by atoms with Gasteiger partial charge in [-0.05, 0) is 43.9 Å². The first kappa shape index (κ1) is 18.3. The van der Waals surface area contributed by atoms with E-state index in [2.05, 4.69) is 5.32 Å². The van der Waals surface area contributed by atoms with Crippen LogP contribution in [0, 0.1) is 5.41 Å². The Labute approximate surface area is 142 Å². The summed E-state index contributed by atoms with van der Waals surface area (Å²) in [5, 5.41) is 12.2. The molecule has 132 valence electrons. The second kappa shape index (κ2) is 8.68. The minimum Gasteiger partial charge on any atom is -0.494 e. The van der Waals surface area contributed by atoms with E-state index in [0.29, 0.717) is 45.5 Å². The van der Waals surface area contributed by atoms with E-state index in [4.69, 9.17) is 9.47 Å². The van der Waals surface area contributed by atoms with Crippen LogP contribution in [0.15, 0.2) is 24.3 Å². The van der Waals surface area contributed by atoms with Crippen LogP contribution in [-0.2, 0) is 20.7 Å². The van der Waals surface area contributed by atoms with Gasteiger partial charge in [-0.25, -0.2) is 0 Å². The zero-order valence-electron chi connectivity index (χ0n) is 14.0. The Hall–Kier alpha value is -2.08. The lowest BCUT2D eigenvalue weighted by molar-refractivity contribution is -0.154. The minimum absolute atomic E-state index is 0.129. The zero-order chi connectivity index (χ0) is 17.4. The first-order chi connectivity index (χ1) is 11.6. The van der Waals surface area contributed by atoms with Crippen molar-refractivity contribution < 1.29 is 24.2 Å². The lowest BCUT2D eigenvalue weighted by Gasteiger charge is -2.33. The van der Waals surface area contributed by atoms with Gasteiger partial charge in [-0.3, -0.25) is 9.59 Å². The number of aryl methyl sites for hydroxylation is 1. The number of hydrogen-bond donors (Lipinski definition) is 2. The van der Waals surface area contributed by atoms with Crippen molar-refractivity contribution in [3.63, 3.8) is 0 Å². The zero-order valence-corrected chi connectivity index (χ0v) is 14.0. The van der Waals surface area contributed by atoms with Gasteiger partial charge in [0.05, 0.1) is 12.0 Å². The maximum Gasteiger partial charge on any atom is 0.311 e. The number of benzene rings is 1. The molecule has 2 rings (SSSR count). The summed E-state index contributed by atoms with van der Waals surface area (Å²) in [5.41, 5.74) is 0.153. The van der Waals surface area contributed by atoms with E-state index in [9.17, 15) is 14.7 Å². The first-order valence-electron chi connectivity index (χ1n) is 8.35. The largest absolute Gasteiger partial charge is 0.494 e. The summed E-state index contributed by atoms with van der Waals surface area (Å²) in [7, 11) is 0. The van der Waals surface area contributed by atoms with Gasteiger partial charge in [-0.15, -0.1) is 0 Å². The van der Waals surface area contributed by atoms with Gasteiger partial charge in [0.1, 0.15) is 5.75 Å². The fraction of sp³-hybridized carbons (Fsp3) is 0.556. The maximum absolute atomic E-state index is 12.0. The molecule has 1 saturated heterocycles. The molecule has 1 amide bonds. The molecule has 1 aromatic carbocycles. The van der Waals surface area contributed by atoms with Crippen LogP contribution in [0.2, 0.25) is 0 Å². The van der Waals surface area contributed by atoms with E-state index in [1.54, 1.807) is 0 Å². The van der Waals surface area contributed by atoms with Crippen molar-refractivity contribution in [2.45, 2.75) is 32.6 Å². The number of carbonyl (C=O) groups excluding carboxylic acids is 1. The molecule has 6 heteroatoms. The Balaban J connectivity index is 1.79. The van der Waals surface area contributed by atoms with Crippen LogP contribution in [0.4, 0.5) is 0 Å². The molecular formula is C18H25NO5. The Morgan fingerprint density at radius 1 is 1.25 bits per heavy atom. The van der Waals surface area contributed by atoms with E-state index in [1.165, 1.54) is 0 Å². The van der Waals surface area contributed by atoms with Gasteiger partial charge in [-0.1, -0.05) is 12.1 Å². The van der Waals surface area contributed by atoms with Crippen LogP contribution >= 0.6 is 0 Å². The second-order valence-electron chi connectivity index (χ2n) is 6.05. The molecule has 0 atom stereocenters. The summed E-state index contributed by atoms with van der Waals surface area (Å²) in [5.74, 6) is -0.178. The quantitative estimate of drug-likeness (QED) is 0.759. The highest BCUT2D eigenvalue weighted by atomic mass is 16.5. The standard InChI is InChI=1S/C18H25NO5/c1-2-24-15-6-3-14(4-7-15)5-8-16(20)19-13-18(17(21)22)9-11-23-12-10-18/h3-4,6-7H,2,5,8-13H2,1H3,(H,19,20)(H,21,22). The summed E-state index contributed by atoms with van der Waals surface area (Å²) in [6, 6.07) is 7.65. The Kier molecular flexibility index (Phi) is 6.61. The molecule has 0 unspecified atom stereocenters. The summed E-state index contributed by atoms with van der Waals surface area (Å²) in [4.78, 5) is 23.6. The Bertz CT molecular complexity index is 549. The molecular weight excluding hydrogens is 310 g/mol. The first-order valence-corrected chi connectivity index (χ1v) is 8.35. The van der Waals surface area contributed by atoms with E-state index in [1.807, 2.05) is 31.2 Å². The Morgan fingerprint density at radius 3 is 2.50 bits per heavy atom. The predicted octanol–water partition coefficient (Wildman–Crippen LogP) is 2.02. The molecule has 1 aromatic rings. The van der Waals surface area contributed by atoms with Gasteiger partial charge >= 0.3 is 5.97 Å². The second-order valence-corrected chi connectivity index (χ2v) is 6.05. The molecule has 2 N–H and O–H groups in total. The van der Waals surface area contributed by atoms with Gasteiger partial charge < -0.3 is 19.9 Å². The molecule has 0 aromatic heterocycles. The number of ether oxygens (including phenoxy) is 2. The number of amides is 1. The molecule has 0 saturated carbocycles. The van der Waals surface area contributed by atoms with Crippen molar-refractivity contribution in [1.82, 2.24) is 5.32 Å². The van der Waals surface area contributed by atoms with Gasteiger partial charge in [-0.2, -0.15) is 0 Å². The van der Waals surface area contributed by atoms with Gasteiger partial charge in [0.15, 0.2) is 0 Å². The molecule has 24 heavy (non-hydrogen) atoms. The van der Waals surface area contributed by atoms with Crippen LogP contribution < -0.4 is 10.1 Å². The molecule has 1 heterocycles. The fourth-order valence-corrected chi connectivity index (χ4v) is 2.76. The van der Waals surface area contributed by atoms with Crippen LogP contribution in [0.1, 0.15) is 31.7 Å². The lowest BCUT2D eigenvalue weighted by Crippen LogP contribution is -2.46. The lowest BCUT2D eigenvalue weighted by atomic mass is 9.80. The topological polar surface area (TPSA) is 84.9 Å². The molecule has 1 aliphatic rings. The maximum atomic E-state index is 12.0. The van der Waals surface area contributed by atoms with Crippen molar-refractivity contribution in [2.24, 2.45) is 5.41 Å². The number of aliphatic carboxylic acids is 1. The highest BCUT2D eigenvalue weighted by Gasteiger charge is 2.40. The molecule has 1 aliphatic heterocycles. The monoisotopic (exact) mass is 335 g/mol. The van der Waals surface area contributed by atoms with Gasteiger partial charge in [0.2, 0.25) is 5.91 Å². The number of hydrogen-bond acceptors (Lipinski definition) is 4. The third kappa shape index (κ3) is 4.96. The van der Waals surface area contributed by atoms with Crippen molar-refractivity contribution in [2.75, 3.05) is 26.4 Å². The molecule has 1 fully saturated rings. The minimum atomic E-state index is -0.896. The average molecular weight is 335 g/mol. The normalized spacial score (nSPS) is 16.4. The van der Waals surface area contributed by atoms with Crippen molar-refractivity contribution >= 4 is 11.9 Å². The summed E-state index contributed by atoms with van der Waals surface area (Å²) in [6.45, 7) is 3.56. The number of carbonyl (C=O) groups is 2. The van der Waals surface area contributed by atoms with Gasteiger partial charge in [0.25, 0.3) is 0 Å². The number of carboxylic acids is 1. The van der Waals surface area contributed by atoms with Crippen LogP contribution in [-0.4, -0.2) is 43.3 Å². The molecule has 0 bridgehead atoms. The molecule has 0 aliphatic carbocycles. The van der Waals surface area contributed by atoms with E-state index >= 15 is 0 Å².